The highest BCUT2D eigenvalue weighted by Crippen LogP contribution is 2.23. The Hall–Kier alpha value is -1.45. The number of aliphatic hydroxyl groups excluding tert-OH is 1. The third-order valence-electron chi connectivity index (χ3n) is 1.22. The zero-order valence-electron chi connectivity index (χ0n) is 5.07. The van der Waals surface area contributed by atoms with Crippen molar-refractivity contribution in [3.8, 4) is 5.95 Å². The van der Waals surface area contributed by atoms with Crippen molar-refractivity contribution in [2.75, 3.05) is 6.61 Å². The Morgan fingerprint density at radius 1 is 1.60 bits per heavy atom. The van der Waals surface area contributed by atoms with Gasteiger partial charge in [0.15, 0.2) is 12.1 Å². The number of fused-ring (bicyclic) bond motifs is 1. The van der Waals surface area contributed by atoms with Crippen LogP contribution in [0.5, 0.6) is 5.95 Å². The number of oxazole rings is 1. The smallest absolute Gasteiger partial charge is 0.313 e. The number of rotatable bonds is 0. The van der Waals surface area contributed by atoms with Crippen LogP contribution in [0, 0.1) is 0 Å². The van der Waals surface area contributed by atoms with E-state index in [-0.39, 0.29) is 12.4 Å². The van der Waals surface area contributed by atoms with E-state index in [2.05, 4.69) is 4.98 Å². The fraction of sp³-hybridized carbons (Fsp3) is 0.167. The van der Waals surface area contributed by atoms with Crippen LogP contribution in [0.1, 0.15) is 5.69 Å². The number of nitrogens with zero attached hydrogens (tertiary/aromatic N) is 1. The van der Waals surface area contributed by atoms with Gasteiger partial charge in [0.05, 0.1) is 0 Å². The number of aliphatic hydroxyl groups is 1. The Morgan fingerprint density at radius 3 is 3.40 bits per heavy atom. The van der Waals surface area contributed by atoms with Crippen LogP contribution in [-0.2, 0) is 0 Å². The van der Waals surface area contributed by atoms with E-state index in [0.29, 0.717) is 11.6 Å². The molecule has 0 saturated carbocycles. The third kappa shape index (κ3) is 0.655. The normalized spacial score (nSPS) is 15.4. The molecule has 1 aliphatic rings. The molecular formula is C6H5NO3. The van der Waals surface area contributed by atoms with Crippen LogP contribution >= 0.6 is 0 Å². The molecule has 0 atom stereocenters. The molecule has 2 heterocycles. The Bertz CT molecular complexity index is 276. The van der Waals surface area contributed by atoms with Crippen molar-refractivity contribution in [1.82, 2.24) is 4.98 Å². The van der Waals surface area contributed by atoms with Gasteiger partial charge in [0.25, 0.3) is 0 Å². The average Bonchev–Trinajstić information content (AvgIpc) is 2.33. The minimum Gasteiger partial charge on any atom is -0.509 e. The fourth-order valence-electron chi connectivity index (χ4n) is 0.787. The second-order valence-electron chi connectivity index (χ2n) is 1.95. The molecule has 1 aromatic heterocycles. The zero-order chi connectivity index (χ0) is 6.97. The highest BCUT2D eigenvalue weighted by Gasteiger charge is 2.13. The summed E-state index contributed by atoms with van der Waals surface area (Å²) in [6, 6.07) is 0. The lowest BCUT2D eigenvalue weighted by atomic mass is 10.3. The Kier molecular flexibility index (Phi) is 0.943. The minimum atomic E-state index is 0.168. The maximum atomic E-state index is 8.93. The second kappa shape index (κ2) is 1.76. The van der Waals surface area contributed by atoms with Gasteiger partial charge in [-0.1, -0.05) is 0 Å². The molecule has 0 amide bonds. The lowest BCUT2D eigenvalue weighted by molar-refractivity contribution is 0.218. The largest absolute Gasteiger partial charge is 0.509 e. The predicted molar refractivity (Wildman–Crippen MR) is 32.6 cm³/mol. The van der Waals surface area contributed by atoms with Crippen molar-refractivity contribution < 1.29 is 14.3 Å². The van der Waals surface area contributed by atoms with Gasteiger partial charge in [-0.05, 0) is 0 Å². The quantitative estimate of drug-likeness (QED) is 0.581. The zero-order valence-corrected chi connectivity index (χ0v) is 5.07. The van der Waals surface area contributed by atoms with Gasteiger partial charge in [0, 0.05) is 6.08 Å². The van der Waals surface area contributed by atoms with Gasteiger partial charge in [0.1, 0.15) is 12.4 Å². The Balaban J connectivity index is 2.50. The molecule has 1 aliphatic heterocycles. The molecule has 1 N–H and O–H groups in total. The highest BCUT2D eigenvalue weighted by molar-refractivity contribution is 5.53. The van der Waals surface area contributed by atoms with Crippen LogP contribution in [0.15, 0.2) is 16.6 Å². The summed E-state index contributed by atoms with van der Waals surface area (Å²) in [5, 5.41) is 8.93. The standard InChI is InChI=1S/C6H5NO3/c8-4-1-5-6(9-2-4)10-3-7-5/h1,3,8H,2H2. The van der Waals surface area contributed by atoms with E-state index >= 15 is 0 Å². The van der Waals surface area contributed by atoms with Crippen LogP contribution in [0.4, 0.5) is 0 Å². The maximum Gasteiger partial charge on any atom is 0.313 e. The summed E-state index contributed by atoms with van der Waals surface area (Å²) in [6.45, 7) is 0.169. The van der Waals surface area contributed by atoms with Crippen molar-refractivity contribution >= 4 is 6.08 Å². The molecule has 10 heavy (non-hydrogen) atoms. The maximum absolute atomic E-state index is 8.93. The minimum absolute atomic E-state index is 0.168. The summed E-state index contributed by atoms with van der Waals surface area (Å²) in [4.78, 5) is 3.78. The lowest BCUT2D eigenvalue weighted by Crippen LogP contribution is -2.05. The van der Waals surface area contributed by atoms with Crippen molar-refractivity contribution in [3.05, 3.63) is 17.8 Å². The molecular weight excluding hydrogens is 134 g/mol. The molecule has 0 aliphatic carbocycles. The fourth-order valence-corrected chi connectivity index (χ4v) is 0.787. The molecule has 0 spiro atoms. The van der Waals surface area contributed by atoms with E-state index in [4.69, 9.17) is 14.3 Å². The van der Waals surface area contributed by atoms with Gasteiger partial charge < -0.3 is 14.3 Å². The monoisotopic (exact) mass is 139 g/mol. The van der Waals surface area contributed by atoms with E-state index in [1.807, 2.05) is 0 Å². The van der Waals surface area contributed by atoms with Crippen LogP contribution in [0.3, 0.4) is 0 Å². The van der Waals surface area contributed by atoms with Crippen molar-refractivity contribution in [3.63, 3.8) is 0 Å². The van der Waals surface area contributed by atoms with Gasteiger partial charge in [-0.15, -0.1) is 0 Å². The van der Waals surface area contributed by atoms with Crippen molar-refractivity contribution in [1.29, 1.82) is 0 Å². The summed E-state index contributed by atoms with van der Waals surface area (Å²) >= 11 is 0. The van der Waals surface area contributed by atoms with Crippen LogP contribution in [-0.4, -0.2) is 16.7 Å². The molecule has 0 aromatic carbocycles. The van der Waals surface area contributed by atoms with Crippen LogP contribution in [0.25, 0.3) is 6.08 Å². The first-order valence-electron chi connectivity index (χ1n) is 2.82. The summed E-state index contributed by atoms with van der Waals surface area (Å²) < 4.78 is 9.74. The lowest BCUT2D eigenvalue weighted by Gasteiger charge is -2.06. The van der Waals surface area contributed by atoms with Crippen LogP contribution in [0.2, 0.25) is 0 Å². The molecule has 0 unspecified atom stereocenters. The molecule has 0 bridgehead atoms. The number of ether oxygens (including phenoxy) is 1. The van der Waals surface area contributed by atoms with E-state index in [1.54, 1.807) is 0 Å². The molecule has 0 fully saturated rings. The molecule has 0 saturated heterocycles. The topological polar surface area (TPSA) is 55.5 Å². The van der Waals surface area contributed by atoms with E-state index in [0.717, 1.165) is 0 Å². The molecule has 52 valence electrons. The highest BCUT2D eigenvalue weighted by atomic mass is 16.6. The van der Waals surface area contributed by atoms with Crippen molar-refractivity contribution in [2.45, 2.75) is 0 Å². The van der Waals surface area contributed by atoms with Gasteiger partial charge in [-0.2, -0.15) is 0 Å². The number of hydrogen-bond acceptors (Lipinski definition) is 4. The third-order valence-corrected chi connectivity index (χ3v) is 1.22. The summed E-state index contributed by atoms with van der Waals surface area (Å²) in [6.07, 6.45) is 2.79. The van der Waals surface area contributed by atoms with Crippen LogP contribution < -0.4 is 4.74 Å². The molecule has 4 nitrogen and oxygen atoms in total. The Labute approximate surface area is 56.8 Å². The van der Waals surface area contributed by atoms with Crippen molar-refractivity contribution in [2.24, 2.45) is 0 Å². The Morgan fingerprint density at radius 2 is 2.50 bits per heavy atom. The number of hydrogen-bond donors (Lipinski definition) is 1. The summed E-state index contributed by atoms with van der Waals surface area (Å²) in [5.74, 6) is 0.541. The van der Waals surface area contributed by atoms with E-state index < -0.39 is 0 Å². The van der Waals surface area contributed by atoms with E-state index in [1.165, 1.54) is 12.5 Å². The first-order chi connectivity index (χ1) is 4.86. The van der Waals surface area contributed by atoms with E-state index in [9.17, 15) is 0 Å². The van der Waals surface area contributed by atoms with Gasteiger partial charge in [0.2, 0.25) is 0 Å². The molecule has 0 radical (unpaired) electrons. The number of aromatic nitrogens is 1. The SMILES string of the molecule is OC1=Cc2ncoc2OC1. The molecule has 2 rings (SSSR count). The molecule has 1 aromatic rings. The van der Waals surface area contributed by atoms with Gasteiger partial charge >= 0.3 is 5.95 Å². The summed E-state index contributed by atoms with van der Waals surface area (Å²) in [5.41, 5.74) is 0.545. The first-order valence-corrected chi connectivity index (χ1v) is 2.82. The first kappa shape index (κ1) is 5.34. The summed E-state index contributed by atoms with van der Waals surface area (Å²) in [7, 11) is 0. The molecule has 4 heteroatoms. The predicted octanol–water partition coefficient (Wildman–Crippen LogP) is 0.966. The average molecular weight is 139 g/mol. The second-order valence-corrected chi connectivity index (χ2v) is 1.95. The van der Waals surface area contributed by atoms with Gasteiger partial charge in [-0.25, -0.2) is 4.98 Å². The van der Waals surface area contributed by atoms with Gasteiger partial charge in [-0.3, -0.25) is 0 Å².